The molecule has 17 heavy (non-hydrogen) atoms. The summed E-state index contributed by atoms with van der Waals surface area (Å²) in [5.74, 6) is -1.15. The van der Waals surface area contributed by atoms with Crippen LogP contribution in [0.15, 0.2) is 34.9 Å². The molecule has 1 aromatic carbocycles. The summed E-state index contributed by atoms with van der Waals surface area (Å²) >= 11 is 0. The third-order valence-electron chi connectivity index (χ3n) is 2.25. The molecule has 0 atom stereocenters. The molecule has 88 valence electrons. The van der Waals surface area contributed by atoms with Crippen LogP contribution in [-0.4, -0.2) is 16.1 Å². The summed E-state index contributed by atoms with van der Waals surface area (Å²) in [6.07, 6.45) is 1.60. The normalized spacial score (nSPS) is 10.4. The van der Waals surface area contributed by atoms with Crippen LogP contribution in [0.2, 0.25) is 0 Å². The van der Waals surface area contributed by atoms with E-state index in [1.165, 1.54) is 12.3 Å². The number of aryl methyl sites for hydroxylation is 1. The third kappa shape index (κ3) is 2.69. The van der Waals surface area contributed by atoms with Crippen molar-refractivity contribution < 1.29 is 18.7 Å². The maximum Gasteiger partial charge on any atom is 0.303 e. The topological polar surface area (TPSA) is 63.3 Å². The van der Waals surface area contributed by atoms with Crippen molar-refractivity contribution in [2.45, 2.75) is 12.8 Å². The van der Waals surface area contributed by atoms with E-state index in [1.807, 2.05) is 0 Å². The first-order valence-electron chi connectivity index (χ1n) is 5.08. The van der Waals surface area contributed by atoms with Crippen LogP contribution in [0.4, 0.5) is 4.39 Å². The Morgan fingerprint density at radius 3 is 2.88 bits per heavy atom. The van der Waals surface area contributed by atoms with Gasteiger partial charge in [0.05, 0.1) is 17.7 Å². The monoisotopic (exact) mass is 235 g/mol. The second kappa shape index (κ2) is 4.78. The zero-order chi connectivity index (χ0) is 12.3. The molecule has 0 radical (unpaired) electrons. The molecule has 0 amide bonds. The van der Waals surface area contributed by atoms with E-state index in [2.05, 4.69) is 4.98 Å². The van der Waals surface area contributed by atoms with E-state index in [4.69, 9.17) is 9.52 Å². The van der Waals surface area contributed by atoms with E-state index >= 15 is 0 Å². The molecule has 0 fully saturated rings. The summed E-state index contributed by atoms with van der Waals surface area (Å²) in [6, 6.07) is 6.13. The highest BCUT2D eigenvalue weighted by Crippen LogP contribution is 2.21. The minimum absolute atomic E-state index is 0.0246. The molecule has 2 aromatic rings. The summed E-state index contributed by atoms with van der Waals surface area (Å²) in [4.78, 5) is 14.4. The lowest BCUT2D eigenvalue weighted by Gasteiger charge is -1.95. The van der Waals surface area contributed by atoms with Gasteiger partial charge in [-0.3, -0.25) is 4.79 Å². The highest BCUT2D eigenvalue weighted by Gasteiger charge is 2.11. The van der Waals surface area contributed by atoms with Crippen LogP contribution in [0.5, 0.6) is 0 Å². The van der Waals surface area contributed by atoms with Crippen LogP contribution in [0, 0.1) is 5.82 Å². The van der Waals surface area contributed by atoms with Crippen LogP contribution >= 0.6 is 0 Å². The lowest BCUT2D eigenvalue weighted by molar-refractivity contribution is -0.136. The van der Waals surface area contributed by atoms with Gasteiger partial charge < -0.3 is 9.52 Å². The predicted octanol–water partition coefficient (Wildman–Crippen LogP) is 2.50. The minimum atomic E-state index is -0.902. The Hall–Kier alpha value is -2.17. The summed E-state index contributed by atoms with van der Waals surface area (Å²) in [5.41, 5.74) is 0.778. The maximum atomic E-state index is 13.4. The summed E-state index contributed by atoms with van der Waals surface area (Å²) < 4.78 is 18.5. The van der Waals surface area contributed by atoms with Crippen LogP contribution in [0.3, 0.4) is 0 Å². The van der Waals surface area contributed by atoms with Crippen LogP contribution < -0.4 is 0 Å². The van der Waals surface area contributed by atoms with Gasteiger partial charge in [-0.1, -0.05) is 12.1 Å². The third-order valence-corrected chi connectivity index (χ3v) is 2.25. The molecule has 0 spiro atoms. The minimum Gasteiger partial charge on any atom is -0.481 e. The highest BCUT2D eigenvalue weighted by atomic mass is 19.1. The second-order valence-corrected chi connectivity index (χ2v) is 3.52. The van der Waals surface area contributed by atoms with E-state index in [9.17, 15) is 9.18 Å². The average molecular weight is 235 g/mol. The molecule has 1 heterocycles. The second-order valence-electron chi connectivity index (χ2n) is 3.52. The van der Waals surface area contributed by atoms with Crippen LogP contribution in [-0.2, 0) is 11.2 Å². The number of nitrogens with zero attached hydrogens (tertiary/aromatic N) is 1. The van der Waals surface area contributed by atoms with Gasteiger partial charge in [0, 0.05) is 6.42 Å². The molecule has 0 aliphatic carbocycles. The number of benzene rings is 1. The van der Waals surface area contributed by atoms with Crippen molar-refractivity contribution in [2.75, 3.05) is 0 Å². The zero-order valence-corrected chi connectivity index (χ0v) is 8.89. The standard InChI is InChI=1S/C12H10FNO3/c13-10-4-2-1-3-9(10)12-14-8(7-17-12)5-6-11(15)16/h1-4,7H,5-6H2,(H,15,16). The van der Waals surface area contributed by atoms with Crippen molar-refractivity contribution in [2.24, 2.45) is 0 Å². The van der Waals surface area contributed by atoms with E-state index in [0.29, 0.717) is 5.69 Å². The van der Waals surface area contributed by atoms with Crippen molar-refractivity contribution in [3.63, 3.8) is 0 Å². The van der Waals surface area contributed by atoms with Gasteiger partial charge in [0.1, 0.15) is 12.1 Å². The molecule has 5 heteroatoms. The number of aliphatic carboxylic acids is 1. The molecule has 0 unspecified atom stereocenters. The smallest absolute Gasteiger partial charge is 0.303 e. The average Bonchev–Trinajstić information content (AvgIpc) is 2.75. The molecule has 0 aliphatic heterocycles. The zero-order valence-electron chi connectivity index (χ0n) is 8.89. The summed E-state index contributed by atoms with van der Waals surface area (Å²) in [7, 11) is 0. The van der Waals surface area contributed by atoms with Gasteiger partial charge in [-0.15, -0.1) is 0 Å². The number of carbonyl (C=O) groups is 1. The van der Waals surface area contributed by atoms with Crippen LogP contribution in [0.25, 0.3) is 11.5 Å². The van der Waals surface area contributed by atoms with Crippen molar-refractivity contribution in [1.29, 1.82) is 0 Å². The van der Waals surface area contributed by atoms with Gasteiger partial charge in [-0.05, 0) is 12.1 Å². The molecule has 0 aliphatic rings. The van der Waals surface area contributed by atoms with E-state index in [1.54, 1.807) is 18.2 Å². The molecule has 1 N–H and O–H groups in total. The van der Waals surface area contributed by atoms with Gasteiger partial charge in [0.2, 0.25) is 5.89 Å². The van der Waals surface area contributed by atoms with Gasteiger partial charge >= 0.3 is 5.97 Å². The van der Waals surface area contributed by atoms with Crippen molar-refractivity contribution >= 4 is 5.97 Å². The number of hydrogen-bond acceptors (Lipinski definition) is 3. The summed E-state index contributed by atoms with van der Waals surface area (Å²) in [5, 5.41) is 8.52. The van der Waals surface area contributed by atoms with Gasteiger partial charge in [0.25, 0.3) is 0 Å². The molecular weight excluding hydrogens is 225 g/mol. The van der Waals surface area contributed by atoms with Crippen molar-refractivity contribution in [1.82, 2.24) is 4.98 Å². The molecular formula is C12H10FNO3. The van der Waals surface area contributed by atoms with E-state index in [0.717, 1.165) is 0 Å². The Bertz CT molecular complexity index is 536. The lowest BCUT2D eigenvalue weighted by atomic mass is 10.2. The Morgan fingerprint density at radius 2 is 2.18 bits per heavy atom. The molecule has 4 nitrogen and oxygen atoms in total. The fraction of sp³-hybridized carbons (Fsp3) is 0.167. The first-order valence-corrected chi connectivity index (χ1v) is 5.08. The van der Waals surface area contributed by atoms with E-state index in [-0.39, 0.29) is 24.3 Å². The number of carboxylic acids is 1. The maximum absolute atomic E-state index is 13.4. The van der Waals surface area contributed by atoms with Gasteiger partial charge in [-0.2, -0.15) is 0 Å². The molecule has 0 saturated carbocycles. The van der Waals surface area contributed by atoms with E-state index < -0.39 is 11.8 Å². The molecule has 1 aromatic heterocycles. The first-order chi connectivity index (χ1) is 8.16. The van der Waals surface area contributed by atoms with Gasteiger partial charge in [0.15, 0.2) is 0 Å². The summed E-state index contributed by atoms with van der Waals surface area (Å²) in [6.45, 7) is 0. The number of hydrogen-bond donors (Lipinski definition) is 1. The SMILES string of the molecule is O=C(O)CCc1coc(-c2ccccc2F)n1. The number of rotatable bonds is 4. The number of carboxylic acid groups (broad SMARTS) is 1. The van der Waals surface area contributed by atoms with Crippen molar-refractivity contribution in [3.05, 3.63) is 42.0 Å². The predicted molar refractivity (Wildman–Crippen MR) is 57.9 cm³/mol. The largest absolute Gasteiger partial charge is 0.481 e. The first kappa shape index (κ1) is 11.3. The fourth-order valence-electron chi connectivity index (χ4n) is 1.42. The fourth-order valence-corrected chi connectivity index (χ4v) is 1.42. The Labute approximate surface area is 96.7 Å². The Morgan fingerprint density at radius 1 is 1.41 bits per heavy atom. The number of aromatic nitrogens is 1. The molecule has 0 bridgehead atoms. The molecule has 0 saturated heterocycles. The highest BCUT2D eigenvalue weighted by molar-refractivity contribution is 5.67. The molecule has 2 rings (SSSR count). The Balaban J connectivity index is 2.18. The van der Waals surface area contributed by atoms with Crippen molar-refractivity contribution in [3.8, 4) is 11.5 Å². The lowest BCUT2D eigenvalue weighted by Crippen LogP contribution is -1.97. The van der Waals surface area contributed by atoms with Crippen LogP contribution in [0.1, 0.15) is 12.1 Å². The number of halogens is 1. The van der Waals surface area contributed by atoms with Gasteiger partial charge in [-0.25, -0.2) is 9.37 Å². The quantitative estimate of drug-likeness (QED) is 0.884. The Kier molecular flexibility index (Phi) is 3.18. The number of oxazole rings is 1.